The number of anilines is 1. The van der Waals surface area contributed by atoms with Gasteiger partial charge in [-0.05, 0) is 50.2 Å². The molecule has 0 saturated carbocycles. The Bertz CT molecular complexity index is 1390. The van der Waals surface area contributed by atoms with E-state index in [1.807, 2.05) is 34.3 Å². The van der Waals surface area contributed by atoms with E-state index in [-0.39, 0.29) is 29.0 Å². The van der Waals surface area contributed by atoms with Crippen LogP contribution in [0.25, 0.3) is 16.2 Å². The molecule has 2 heterocycles. The summed E-state index contributed by atoms with van der Waals surface area (Å²) in [4.78, 5) is 30.1. The highest BCUT2D eigenvalue weighted by molar-refractivity contribution is 7.89. The number of amides is 2. The summed E-state index contributed by atoms with van der Waals surface area (Å²) in [6.45, 7) is 3.22. The van der Waals surface area contributed by atoms with Gasteiger partial charge in [0, 0.05) is 40.6 Å². The van der Waals surface area contributed by atoms with E-state index in [4.69, 9.17) is 0 Å². The molecule has 2 aromatic carbocycles. The van der Waals surface area contributed by atoms with E-state index in [0.29, 0.717) is 5.69 Å². The first-order valence-electron chi connectivity index (χ1n) is 10.4. The fourth-order valence-electron chi connectivity index (χ4n) is 3.22. The molecule has 0 radical (unpaired) electrons. The zero-order valence-corrected chi connectivity index (χ0v) is 20.1. The van der Waals surface area contributed by atoms with Crippen molar-refractivity contribution in [3.8, 4) is 11.3 Å². The third-order valence-corrected chi connectivity index (χ3v) is 7.23. The Balaban J connectivity index is 1.30. The number of hydrogen-bond donors (Lipinski definition) is 3. The standard InChI is InChI=1S/C23H23N5O4S2/c1-15(2)27-34(31,32)19-9-5-17(6-10-19)22(30)24-13-21(29)25-18-7-3-16(4-8-18)20-14-28-11-12-33-23(28)26-20/h3-12,14-15,27H,13H2,1-2H3,(H,24,30)(H,25,29). The van der Waals surface area contributed by atoms with E-state index in [2.05, 4.69) is 20.3 Å². The van der Waals surface area contributed by atoms with Crippen LogP contribution in [0.15, 0.2) is 71.2 Å². The Hall–Kier alpha value is -3.54. The van der Waals surface area contributed by atoms with Crippen molar-refractivity contribution in [1.29, 1.82) is 0 Å². The van der Waals surface area contributed by atoms with Crippen molar-refractivity contribution in [3.63, 3.8) is 0 Å². The third-order valence-electron chi connectivity index (χ3n) is 4.78. The average molecular weight is 498 g/mol. The van der Waals surface area contributed by atoms with E-state index >= 15 is 0 Å². The van der Waals surface area contributed by atoms with E-state index in [0.717, 1.165) is 16.2 Å². The van der Waals surface area contributed by atoms with Crippen LogP contribution in [0.5, 0.6) is 0 Å². The molecular weight excluding hydrogens is 474 g/mol. The zero-order valence-electron chi connectivity index (χ0n) is 18.5. The van der Waals surface area contributed by atoms with Gasteiger partial charge in [0.25, 0.3) is 5.91 Å². The summed E-state index contributed by atoms with van der Waals surface area (Å²) in [5.74, 6) is -0.866. The number of nitrogens with one attached hydrogen (secondary N) is 3. The van der Waals surface area contributed by atoms with Crippen LogP contribution >= 0.6 is 11.3 Å². The number of carbonyl (C=O) groups is 2. The molecule has 9 nitrogen and oxygen atoms in total. The quantitative estimate of drug-likeness (QED) is 0.345. The zero-order chi connectivity index (χ0) is 24.3. The van der Waals surface area contributed by atoms with Gasteiger partial charge in [-0.25, -0.2) is 18.1 Å². The number of sulfonamides is 1. The van der Waals surface area contributed by atoms with Gasteiger partial charge in [-0.3, -0.25) is 14.0 Å². The molecule has 3 N–H and O–H groups in total. The summed E-state index contributed by atoms with van der Waals surface area (Å²) in [5.41, 5.74) is 2.61. The molecule has 0 aliphatic rings. The minimum atomic E-state index is -3.64. The number of benzene rings is 2. The SMILES string of the molecule is CC(C)NS(=O)(=O)c1ccc(C(=O)NCC(=O)Nc2ccc(-c3cn4ccsc4n3)cc2)cc1. The van der Waals surface area contributed by atoms with E-state index in [1.165, 1.54) is 24.3 Å². The molecule has 0 saturated heterocycles. The maximum atomic E-state index is 12.3. The molecule has 176 valence electrons. The van der Waals surface area contributed by atoms with Gasteiger partial charge >= 0.3 is 0 Å². The summed E-state index contributed by atoms with van der Waals surface area (Å²) in [5, 5.41) is 7.23. The largest absolute Gasteiger partial charge is 0.343 e. The number of imidazole rings is 1. The topological polar surface area (TPSA) is 122 Å². The van der Waals surface area contributed by atoms with Gasteiger partial charge < -0.3 is 10.6 Å². The van der Waals surface area contributed by atoms with Crippen molar-refractivity contribution in [2.75, 3.05) is 11.9 Å². The third kappa shape index (κ3) is 5.50. The van der Waals surface area contributed by atoms with Gasteiger partial charge in [-0.1, -0.05) is 12.1 Å². The van der Waals surface area contributed by atoms with Crippen molar-refractivity contribution < 1.29 is 18.0 Å². The van der Waals surface area contributed by atoms with Gasteiger partial charge in [0.1, 0.15) is 0 Å². The lowest BCUT2D eigenvalue weighted by atomic mass is 10.1. The maximum absolute atomic E-state index is 12.3. The Morgan fingerprint density at radius 3 is 2.41 bits per heavy atom. The molecule has 4 aromatic rings. The van der Waals surface area contributed by atoms with Crippen molar-refractivity contribution in [2.24, 2.45) is 0 Å². The molecule has 0 unspecified atom stereocenters. The van der Waals surface area contributed by atoms with Crippen molar-refractivity contribution in [3.05, 3.63) is 71.9 Å². The first kappa shape index (κ1) is 23.6. The monoisotopic (exact) mass is 497 g/mol. The maximum Gasteiger partial charge on any atom is 0.251 e. The van der Waals surface area contributed by atoms with Crippen LogP contribution in [0, 0.1) is 0 Å². The average Bonchev–Trinajstić information content (AvgIpc) is 3.40. The van der Waals surface area contributed by atoms with E-state index < -0.39 is 15.9 Å². The highest BCUT2D eigenvalue weighted by atomic mass is 32.2. The van der Waals surface area contributed by atoms with Gasteiger partial charge in [-0.15, -0.1) is 11.3 Å². The molecule has 34 heavy (non-hydrogen) atoms. The number of carbonyl (C=O) groups excluding carboxylic acids is 2. The molecule has 2 amide bonds. The molecule has 4 rings (SSSR count). The summed E-state index contributed by atoms with van der Waals surface area (Å²) in [6, 6.07) is 12.5. The van der Waals surface area contributed by atoms with E-state index in [9.17, 15) is 18.0 Å². The van der Waals surface area contributed by atoms with Gasteiger partial charge in [-0.2, -0.15) is 0 Å². The second-order valence-electron chi connectivity index (χ2n) is 7.83. The van der Waals surface area contributed by atoms with Crippen LogP contribution in [0.3, 0.4) is 0 Å². The second-order valence-corrected chi connectivity index (χ2v) is 10.4. The van der Waals surface area contributed by atoms with Crippen molar-refractivity contribution in [2.45, 2.75) is 24.8 Å². The number of nitrogens with zero attached hydrogens (tertiary/aromatic N) is 2. The Labute approximate surface area is 200 Å². The molecule has 0 bridgehead atoms. The normalized spacial score (nSPS) is 11.6. The molecule has 0 spiro atoms. The lowest BCUT2D eigenvalue weighted by Gasteiger charge is -2.10. The van der Waals surface area contributed by atoms with E-state index in [1.54, 1.807) is 37.3 Å². The molecule has 0 atom stereocenters. The van der Waals surface area contributed by atoms with Gasteiger partial charge in [0.15, 0.2) is 4.96 Å². The van der Waals surface area contributed by atoms with Crippen molar-refractivity contribution in [1.82, 2.24) is 19.4 Å². The molecule has 0 fully saturated rings. The fourth-order valence-corrected chi connectivity index (χ4v) is 5.17. The van der Waals surface area contributed by atoms with Crippen LogP contribution in [0.2, 0.25) is 0 Å². The first-order chi connectivity index (χ1) is 16.2. The minimum Gasteiger partial charge on any atom is -0.343 e. The Morgan fingerprint density at radius 1 is 1.06 bits per heavy atom. The number of aromatic nitrogens is 2. The van der Waals surface area contributed by atoms with Crippen molar-refractivity contribution >= 4 is 43.8 Å². The molecule has 11 heteroatoms. The number of fused-ring (bicyclic) bond motifs is 1. The van der Waals surface area contributed by atoms with Crippen LogP contribution < -0.4 is 15.4 Å². The predicted octanol–water partition coefficient (Wildman–Crippen LogP) is 3.12. The lowest BCUT2D eigenvalue weighted by molar-refractivity contribution is -0.115. The lowest BCUT2D eigenvalue weighted by Crippen LogP contribution is -2.33. The first-order valence-corrected chi connectivity index (χ1v) is 12.8. The highest BCUT2D eigenvalue weighted by Crippen LogP contribution is 2.23. The minimum absolute atomic E-state index is 0.0642. The summed E-state index contributed by atoms with van der Waals surface area (Å²) in [6.07, 6.45) is 3.89. The number of rotatable bonds is 8. The number of hydrogen-bond acceptors (Lipinski definition) is 6. The van der Waals surface area contributed by atoms with Crippen LogP contribution in [-0.4, -0.2) is 42.2 Å². The second kappa shape index (κ2) is 9.75. The highest BCUT2D eigenvalue weighted by Gasteiger charge is 2.16. The molecule has 2 aromatic heterocycles. The number of thiazole rings is 1. The van der Waals surface area contributed by atoms with Gasteiger partial charge in [0.2, 0.25) is 15.9 Å². The Morgan fingerprint density at radius 2 is 1.76 bits per heavy atom. The molecular formula is C23H23N5O4S2. The fraction of sp³-hybridized carbons (Fsp3) is 0.174. The smallest absolute Gasteiger partial charge is 0.251 e. The van der Waals surface area contributed by atoms with Crippen LogP contribution in [-0.2, 0) is 14.8 Å². The van der Waals surface area contributed by atoms with Gasteiger partial charge in [0.05, 0.1) is 17.1 Å². The summed E-state index contributed by atoms with van der Waals surface area (Å²) < 4.78 is 28.8. The molecule has 0 aliphatic carbocycles. The summed E-state index contributed by atoms with van der Waals surface area (Å²) >= 11 is 1.55. The summed E-state index contributed by atoms with van der Waals surface area (Å²) in [7, 11) is -3.64. The molecule has 0 aliphatic heterocycles. The predicted molar refractivity (Wildman–Crippen MR) is 131 cm³/mol. The van der Waals surface area contributed by atoms with Crippen LogP contribution in [0.1, 0.15) is 24.2 Å². The van der Waals surface area contributed by atoms with Crippen LogP contribution in [0.4, 0.5) is 5.69 Å². The Kier molecular flexibility index (Phi) is 6.77.